The molecule has 2 aromatic rings. The summed E-state index contributed by atoms with van der Waals surface area (Å²) in [5.74, 6) is -0.324. The van der Waals surface area contributed by atoms with Gasteiger partial charge in [-0.25, -0.2) is 0 Å². The van der Waals surface area contributed by atoms with Gasteiger partial charge in [0.15, 0.2) is 0 Å². The molecule has 6 heteroatoms. The van der Waals surface area contributed by atoms with Crippen LogP contribution in [0.2, 0.25) is 0 Å². The fourth-order valence-electron chi connectivity index (χ4n) is 2.66. The van der Waals surface area contributed by atoms with Crippen LogP contribution in [0.1, 0.15) is 22.5 Å². The molecule has 1 aliphatic heterocycles. The molecule has 0 spiro atoms. The van der Waals surface area contributed by atoms with Gasteiger partial charge in [-0.15, -0.1) is 0 Å². The molecule has 2 amide bonds. The number of thioether (sulfide) groups is 1. The smallest absolute Gasteiger partial charge is 0.290 e. The van der Waals surface area contributed by atoms with Crippen LogP contribution < -0.4 is 5.32 Å². The summed E-state index contributed by atoms with van der Waals surface area (Å²) in [4.78, 5) is 23.4. The van der Waals surface area contributed by atoms with Gasteiger partial charge in [-0.3, -0.25) is 14.9 Å². The number of halogens is 1. The molecule has 1 aromatic carbocycles. The third kappa shape index (κ3) is 3.10. The quantitative estimate of drug-likeness (QED) is 0.561. The summed E-state index contributed by atoms with van der Waals surface area (Å²) in [5, 5.41) is 1.97. The average molecular weight is 438 g/mol. The molecule has 4 nitrogen and oxygen atoms in total. The molecule has 1 fully saturated rings. The zero-order chi connectivity index (χ0) is 16.7. The normalized spacial score (nSPS) is 16.3. The van der Waals surface area contributed by atoms with Crippen LogP contribution in [0.3, 0.4) is 0 Å². The fraction of sp³-hybridized carbons (Fsp3) is 0.176. The van der Waals surface area contributed by atoms with Gasteiger partial charge in [-0.2, -0.15) is 0 Å². The van der Waals surface area contributed by atoms with Crippen molar-refractivity contribution in [1.29, 1.82) is 0 Å². The van der Waals surface area contributed by atoms with Crippen molar-refractivity contribution in [2.45, 2.75) is 20.8 Å². The number of aromatic nitrogens is 1. The van der Waals surface area contributed by atoms with E-state index in [1.165, 1.54) is 9.13 Å². The predicted molar refractivity (Wildman–Crippen MR) is 102 cm³/mol. The highest BCUT2D eigenvalue weighted by atomic mass is 127. The first-order valence-corrected chi connectivity index (χ1v) is 8.96. The van der Waals surface area contributed by atoms with E-state index in [-0.39, 0.29) is 11.1 Å². The summed E-state index contributed by atoms with van der Waals surface area (Å²) in [7, 11) is 0. The topological polar surface area (TPSA) is 51.1 Å². The molecule has 118 valence electrons. The molecule has 3 rings (SSSR count). The second-order valence-electron chi connectivity index (χ2n) is 5.45. The van der Waals surface area contributed by atoms with Gasteiger partial charge in [0.2, 0.25) is 0 Å². The number of nitrogens with zero attached hydrogens (tertiary/aromatic N) is 1. The molecule has 0 radical (unpaired) electrons. The molecule has 1 saturated heterocycles. The molecule has 1 N–H and O–H groups in total. The number of hydrogen-bond donors (Lipinski definition) is 1. The lowest BCUT2D eigenvalue weighted by Gasteiger charge is -2.11. The average Bonchev–Trinajstić information content (AvgIpc) is 2.93. The largest absolute Gasteiger partial charge is 0.318 e. The standard InChI is InChI=1S/C17H15IN2O2S/c1-9-6-13(4-5-14(9)18)20-10(2)7-12(11(20)3)8-15-16(21)19-17(22)23-15/h4-8H,1-3H3,(H,19,21,22). The molecule has 0 saturated carbocycles. The molecule has 23 heavy (non-hydrogen) atoms. The van der Waals surface area contributed by atoms with E-state index in [9.17, 15) is 9.59 Å². The molecule has 0 aliphatic carbocycles. The lowest BCUT2D eigenvalue weighted by molar-refractivity contribution is -0.115. The Bertz CT molecular complexity index is 868. The van der Waals surface area contributed by atoms with Crippen molar-refractivity contribution >= 4 is 51.6 Å². The number of aryl methyl sites for hydroxylation is 2. The van der Waals surface area contributed by atoms with Gasteiger partial charge in [-0.05, 0) is 96.6 Å². The van der Waals surface area contributed by atoms with Crippen molar-refractivity contribution in [3.8, 4) is 5.69 Å². The number of amides is 2. The minimum absolute atomic E-state index is 0.316. The summed E-state index contributed by atoms with van der Waals surface area (Å²) >= 11 is 3.27. The third-order valence-corrected chi connectivity index (χ3v) is 5.82. The van der Waals surface area contributed by atoms with Crippen LogP contribution in [0, 0.1) is 24.3 Å². The minimum Gasteiger partial charge on any atom is -0.318 e. The van der Waals surface area contributed by atoms with Gasteiger partial charge in [0.25, 0.3) is 11.1 Å². The predicted octanol–water partition coefficient (Wildman–Crippen LogP) is 4.33. The van der Waals surface area contributed by atoms with E-state index < -0.39 is 0 Å². The Labute approximate surface area is 152 Å². The Balaban J connectivity index is 2.06. The molecule has 1 aromatic heterocycles. The summed E-state index contributed by atoms with van der Waals surface area (Å²) in [6, 6.07) is 8.37. The maximum Gasteiger partial charge on any atom is 0.290 e. The van der Waals surface area contributed by atoms with E-state index in [0.29, 0.717) is 4.91 Å². The van der Waals surface area contributed by atoms with Gasteiger partial charge in [0.1, 0.15) is 0 Å². The van der Waals surface area contributed by atoms with Gasteiger partial charge in [0, 0.05) is 20.6 Å². The number of imide groups is 1. The van der Waals surface area contributed by atoms with E-state index in [4.69, 9.17) is 0 Å². The second kappa shape index (κ2) is 6.16. The number of benzene rings is 1. The van der Waals surface area contributed by atoms with E-state index >= 15 is 0 Å². The second-order valence-corrected chi connectivity index (χ2v) is 7.62. The van der Waals surface area contributed by atoms with Crippen LogP contribution in [0.15, 0.2) is 29.2 Å². The van der Waals surface area contributed by atoms with Gasteiger partial charge in [-0.1, -0.05) is 0 Å². The zero-order valence-corrected chi connectivity index (χ0v) is 15.9. The highest BCUT2D eigenvalue weighted by molar-refractivity contribution is 14.1. The van der Waals surface area contributed by atoms with Gasteiger partial charge < -0.3 is 4.57 Å². The van der Waals surface area contributed by atoms with Crippen LogP contribution in [-0.4, -0.2) is 15.7 Å². The van der Waals surface area contributed by atoms with Crippen molar-refractivity contribution in [1.82, 2.24) is 9.88 Å². The Hall–Kier alpha value is -1.54. The first-order chi connectivity index (χ1) is 10.9. The van der Waals surface area contributed by atoms with Crippen LogP contribution in [0.5, 0.6) is 0 Å². The SMILES string of the molecule is Cc1cc(-n2c(C)cc(C=C3SC(=O)NC3=O)c2C)ccc1I. The monoisotopic (exact) mass is 438 g/mol. The van der Waals surface area contributed by atoms with E-state index in [1.54, 1.807) is 6.08 Å². The molecular weight excluding hydrogens is 423 g/mol. The van der Waals surface area contributed by atoms with Gasteiger partial charge in [0.05, 0.1) is 4.91 Å². The number of hydrogen-bond acceptors (Lipinski definition) is 3. The van der Waals surface area contributed by atoms with Crippen molar-refractivity contribution in [2.24, 2.45) is 0 Å². The minimum atomic E-state index is -0.324. The lowest BCUT2D eigenvalue weighted by Crippen LogP contribution is -2.17. The Morgan fingerprint density at radius 1 is 1.17 bits per heavy atom. The van der Waals surface area contributed by atoms with Crippen LogP contribution >= 0.6 is 34.4 Å². The Morgan fingerprint density at radius 3 is 2.52 bits per heavy atom. The molecule has 0 bridgehead atoms. The summed E-state index contributed by atoms with van der Waals surface area (Å²) in [5.41, 5.74) is 5.41. The van der Waals surface area contributed by atoms with Crippen molar-refractivity contribution < 1.29 is 9.59 Å². The maximum atomic E-state index is 11.7. The molecule has 2 heterocycles. The number of carbonyl (C=O) groups is 2. The third-order valence-electron chi connectivity index (χ3n) is 3.80. The Kier molecular flexibility index (Phi) is 4.37. The first-order valence-electron chi connectivity index (χ1n) is 7.07. The summed E-state index contributed by atoms with van der Waals surface area (Å²) in [6.07, 6.45) is 1.78. The molecular formula is C17H15IN2O2S. The van der Waals surface area contributed by atoms with Crippen molar-refractivity contribution in [2.75, 3.05) is 0 Å². The Morgan fingerprint density at radius 2 is 1.91 bits per heavy atom. The van der Waals surface area contributed by atoms with E-state index in [2.05, 4.69) is 57.6 Å². The highest BCUT2D eigenvalue weighted by Gasteiger charge is 2.25. The molecule has 0 unspecified atom stereocenters. The summed E-state index contributed by atoms with van der Waals surface area (Å²) < 4.78 is 3.39. The van der Waals surface area contributed by atoms with Crippen molar-refractivity contribution in [3.63, 3.8) is 0 Å². The molecule has 0 atom stereocenters. The summed E-state index contributed by atoms with van der Waals surface area (Å²) in [6.45, 7) is 6.15. The number of nitrogens with one attached hydrogen (secondary N) is 1. The lowest BCUT2D eigenvalue weighted by atomic mass is 10.2. The van der Waals surface area contributed by atoms with Crippen molar-refractivity contribution in [3.05, 3.63) is 55.3 Å². The number of carbonyl (C=O) groups excluding carboxylic acids is 2. The highest BCUT2D eigenvalue weighted by Crippen LogP contribution is 2.29. The van der Waals surface area contributed by atoms with Crippen LogP contribution in [0.25, 0.3) is 11.8 Å². The maximum absolute atomic E-state index is 11.7. The first kappa shape index (κ1) is 16.3. The van der Waals surface area contributed by atoms with Crippen LogP contribution in [0.4, 0.5) is 4.79 Å². The van der Waals surface area contributed by atoms with Crippen LogP contribution in [-0.2, 0) is 4.79 Å². The fourth-order valence-corrected chi connectivity index (χ4v) is 3.67. The molecule has 1 aliphatic rings. The zero-order valence-electron chi connectivity index (χ0n) is 12.9. The van der Waals surface area contributed by atoms with E-state index in [1.807, 2.05) is 19.9 Å². The van der Waals surface area contributed by atoms with Gasteiger partial charge >= 0.3 is 0 Å². The van der Waals surface area contributed by atoms with E-state index in [0.717, 1.165) is 34.4 Å². The number of rotatable bonds is 2.